The summed E-state index contributed by atoms with van der Waals surface area (Å²) in [6, 6.07) is 9.87. The normalized spacial score (nSPS) is 12.1. The van der Waals surface area contributed by atoms with Crippen LogP contribution in [0.25, 0.3) is 0 Å². The Morgan fingerprint density at radius 1 is 1.33 bits per heavy atom. The van der Waals surface area contributed by atoms with Crippen LogP contribution in [0.3, 0.4) is 0 Å². The number of nitrogens with one attached hydrogen (secondary N) is 2. The lowest BCUT2D eigenvalue weighted by Gasteiger charge is -2.21. The number of nitrogens with zero attached hydrogens (tertiary/aromatic N) is 1. The van der Waals surface area contributed by atoms with Gasteiger partial charge in [0.15, 0.2) is 0 Å². The third kappa shape index (κ3) is 7.21. The molecule has 0 aromatic heterocycles. The van der Waals surface area contributed by atoms with Gasteiger partial charge < -0.3 is 15.4 Å². The van der Waals surface area contributed by atoms with Crippen LogP contribution in [0, 0.1) is 11.3 Å². The zero-order valence-corrected chi connectivity index (χ0v) is 13.1. The number of hydrogen-bond acceptors (Lipinski definition) is 4. The molecule has 0 saturated heterocycles. The highest BCUT2D eigenvalue weighted by Gasteiger charge is 2.16. The molecule has 2 N–H and O–H groups in total. The predicted octanol–water partition coefficient (Wildman–Crippen LogP) is 3.08. The van der Waals surface area contributed by atoms with Gasteiger partial charge in [-0.3, -0.25) is 0 Å². The Morgan fingerprint density at radius 3 is 2.48 bits per heavy atom. The van der Waals surface area contributed by atoms with Gasteiger partial charge in [0.1, 0.15) is 5.60 Å². The van der Waals surface area contributed by atoms with Gasteiger partial charge >= 0.3 is 6.09 Å². The Labute approximate surface area is 126 Å². The molecule has 114 valence electrons. The van der Waals surface area contributed by atoms with Gasteiger partial charge in [-0.05, 0) is 45.4 Å². The van der Waals surface area contributed by atoms with E-state index in [-0.39, 0.29) is 6.04 Å². The van der Waals surface area contributed by atoms with E-state index in [2.05, 4.69) is 16.7 Å². The molecule has 5 heteroatoms. The van der Waals surface area contributed by atoms with Crippen molar-refractivity contribution >= 4 is 11.8 Å². The second kappa shape index (κ2) is 7.53. The Balaban J connectivity index is 2.38. The minimum absolute atomic E-state index is 0.0688. The van der Waals surface area contributed by atoms with Crippen LogP contribution in [0.4, 0.5) is 10.5 Å². The Hall–Kier alpha value is -2.22. The Morgan fingerprint density at radius 2 is 1.95 bits per heavy atom. The lowest BCUT2D eigenvalue weighted by molar-refractivity contribution is 0.0526. The van der Waals surface area contributed by atoms with Gasteiger partial charge in [0, 0.05) is 18.3 Å². The predicted molar refractivity (Wildman–Crippen MR) is 83.1 cm³/mol. The van der Waals surface area contributed by atoms with Crippen LogP contribution in [0.15, 0.2) is 24.3 Å². The fourth-order valence-corrected chi connectivity index (χ4v) is 1.70. The lowest BCUT2D eigenvalue weighted by Crippen LogP contribution is -2.38. The third-order valence-corrected chi connectivity index (χ3v) is 2.60. The molecule has 0 aliphatic rings. The highest BCUT2D eigenvalue weighted by molar-refractivity contribution is 5.67. The zero-order chi connectivity index (χ0) is 15.9. The number of benzene rings is 1. The standard InChI is InChI=1S/C16H23N3O2/c1-12(11-18-15(20)21-16(2,3)4)19-14-7-5-13(6-8-14)9-10-17/h5-8,12,19H,9,11H2,1-4H3,(H,18,20). The number of carbonyl (C=O) groups is 1. The molecular formula is C16H23N3O2. The van der Waals surface area contributed by atoms with E-state index >= 15 is 0 Å². The van der Waals surface area contributed by atoms with Gasteiger partial charge in [0.05, 0.1) is 12.5 Å². The molecule has 21 heavy (non-hydrogen) atoms. The minimum Gasteiger partial charge on any atom is -0.444 e. The summed E-state index contributed by atoms with van der Waals surface area (Å²) in [6.45, 7) is 7.93. The van der Waals surface area contributed by atoms with Crippen molar-refractivity contribution in [1.82, 2.24) is 5.32 Å². The fraction of sp³-hybridized carbons (Fsp3) is 0.500. The van der Waals surface area contributed by atoms with Crippen LogP contribution >= 0.6 is 0 Å². The topological polar surface area (TPSA) is 74.2 Å². The average molecular weight is 289 g/mol. The first-order valence-corrected chi connectivity index (χ1v) is 6.99. The fourth-order valence-electron chi connectivity index (χ4n) is 1.70. The van der Waals surface area contributed by atoms with Crippen molar-refractivity contribution in [2.45, 2.75) is 45.8 Å². The quantitative estimate of drug-likeness (QED) is 0.873. The molecule has 0 aliphatic heterocycles. The number of hydrogen-bond donors (Lipinski definition) is 2. The first-order valence-electron chi connectivity index (χ1n) is 6.99. The maximum atomic E-state index is 11.5. The third-order valence-electron chi connectivity index (χ3n) is 2.60. The molecule has 0 aliphatic carbocycles. The highest BCUT2D eigenvalue weighted by Crippen LogP contribution is 2.11. The Kier molecular flexibility index (Phi) is 6.04. The number of nitriles is 1. The van der Waals surface area contributed by atoms with Crippen LogP contribution in [0.5, 0.6) is 0 Å². The van der Waals surface area contributed by atoms with Gasteiger partial charge in [-0.15, -0.1) is 0 Å². The number of carbonyl (C=O) groups excluding carboxylic acids is 1. The van der Waals surface area contributed by atoms with Crippen LogP contribution in [0.1, 0.15) is 33.3 Å². The zero-order valence-electron chi connectivity index (χ0n) is 13.1. The molecule has 0 radical (unpaired) electrons. The molecule has 1 atom stereocenters. The van der Waals surface area contributed by atoms with E-state index in [0.29, 0.717) is 13.0 Å². The highest BCUT2D eigenvalue weighted by atomic mass is 16.6. The number of alkyl carbamates (subject to hydrolysis) is 1. The van der Waals surface area contributed by atoms with Gasteiger partial charge in [0.2, 0.25) is 0 Å². The van der Waals surface area contributed by atoms with Gasteiger partial charge in [-0.25, -0.2) is 4.79 Å². The van der Waals surface area contributed by atoms with Crippen molar-refractivity contribution in [3.8, 4) is 6.07 Å². The number of anilines is 1. The summed E-state index contributed by atoms with van der Waals surface area (Å²) in [5.74, 6) is 0. The summed E-state index contributed by atoms with van der Waals surface area (Å²) in [4.78, 5) is 11.5. The first kappa shape index (κ1) is 16.8. The van der Waals surface area contributed by atoms with Crippen molar-refractivity contribution in [1.29, 1.82) is 5.26 Å². The van der Waals surface area contributed by atoms with Gasteiger partial charge in [0.25, 0.3) is 0 Å². The monoisotopic (exact) mass is 289 g/mol. The molecule has 0 saturated carbocycles. The average Bonchev–Trinajstić information content (AvgIpc) is 2.37. The first-order chi connectivity index (χ1) is 9.80. The second-order valence-electron chi connectivity index (χ2n) is 5.96. The molecule has 5 nitrogen and oxygen atoms in total. The summed E-state index contributed by atoms with van der Waals surface area (Å²) in [5.41, 5.74) is 1.45. The molecular weight excluding hydrogens is 266 g/mol. The van der Waals surface area contributed by atoms with E-state index in [4.69, 9.17) is 10.00 Å². The van der Waals surface area contributed by atoms with E-state index in [1.54, 1.807) is 0 Å². The lowest BCUT2D eigenvalue weighted by atomic mass is 10.1. The van der Waals surface area contributed by atoms with E-state index in [9.17, 15) is 4.79 Å². The summed E-state index contributed by atoms with van der Waals surface area (Å²) < 4.78 is 5.17. The van der Waals surface area contributed by atoms with E-state index in [1.165, 1.54) is 0 Å². The van der Waals surface area contributed by atoms with Crippen LogP contribution in [-0.2, 0) is 11.2 Å². The Bertz CT molecular complexity index is 498. The molecule has 1 rings (SSSR count). The van der Waals surface area contributed by atoms with Crippen LogP contribution < -0.4 is 10.6 Å². The molecule has 1 aromatic carbocycles. The molecule has 1 aromatic rings. The maximum Gasteiger partial charge on any atom is 0.407 e. The van der Waals surface area contributed by atoms with Crippen molar-refractivity contribution in [2.24, 2.45) is 0 Å². The molecule has 0 bridgehead atoms. The summed E-state index contributed by atoms with van der Waals surface area (Å²) in [6.07, 6.45) is -0.00346. The van der Waals surface area contributed by atoms with Crippen molar-refractivity contribution in [2.75, 3.05) is 11.9 Å². The number of ether oxygens (including phenoxy) is 1. The summed E-state index contributed by atoms with van der Waals surface area (Å²) in [5, 5.41) is 14.6. The van der Waals surface area contributed by atoms with Crippen molar-refractivity contribution in [3.05, 3.63) is 29.8 Å². The van der Waals surface area contributed by atoms with Crippen molar-refractivity contribution in [3.63, 3.8) is 0 Å². The molecule has 0 heterocycles. The number of rotatable bonds is 5. The smallest absolute Gasteiger partial charge is 0.407 e. The van der Waals surface area contributed by atoms with E-state index < -0.39 is 11.7 Å². The summed E-state index contributed by atoms with van der Waals surface area (Å²) in [7, 11) is 0. The van der Waals surface area contributed by atoms with E-state index in [0.717, 1.165) is 11.3 Å². The molecule has 0 spiro atoms. The van der Waals surface area contributed by atoms with Crippen LogP contribution in [-0.4, -0.2) is 24.3 Å². The van der Waals surface area contributed by atoms with Crippen LogP contribution in [0.2, 0.25) is 0 Å². The largest absolute Gasteiger partial charge is 0.444 e. The van der Waals surface area contributed by atoms with Gasteiger partial charge in [-0.2, -0.15) is 5.26 Å². The molecule has 1 unspecified atom stereocenters. The van der Waals surface area contributed by atoms with Gasteiger partial charge in [-0.1, -0.05) is 12.1 Å². The molecule has 0 fully saturated rings. The molecule has 1 amide bonds. The number of amides is 1. The van der Waals surface area contributed by atoms with E-state index in [1.807, 2.05) is 52.0 Å². The van der Waals surface area contributed by atoms with Crippen molar-refractivity contribution < 1.29 is 9.53 Å². The minimum atomic E-state index is -0.489. The maximum absolute atomic E-state index is 11.5. The second-order valence-corrected chi connectivity index (χ2v) is 5.96. The SMILES string of the molecule is CC(CNC(=O)OC(C)(C)C)Nc1ccc(CC#N)cc1. The summed E-state index contributed by atoms with van der Waals surface area (Å²) >= 11 is 0.